The van der Waals surface area contributed by atoms with E-state index in [1.54, 1.807) is 14.2 Å². The van der Waals surface area contributed by atoms with Gasteiger partial charge in [-0.3, -0.25) is 4.79 Å². The second-order valence-electron chi connectivity index (χ2n) is 6.37. The fraction of sp³-hybridized carbons (Fsp3) is 0.350. The van der Waals surface area contributed by atoms with Crippen molar-refractivity contribution in [3.05, 3.63) is 42.0 Å². The lowest BCUT2D eigenvalue weighted by Crippen LogP contribution is -2.47. The molecule has 26 heavy (non-hydrogen) atoms. The predicted molar refractivity (Wildman–Crippen MR) is 99.8 cm³/mol. The third kappa shape index (κ3) is 2.81. The number of hydrogen-bond donors (Lipinski definition) is 0. The van der Waals surface area contributed by atoms with Crippen LogP contribution in [0.1, 0.15) is 5.56 Å². The van der Waals surface area contributed by atoms with E-state index in [9.17, 15) is 4.79 Å². The average Bonchev–Trinajstić information content (AvgIpc) is 2.68. The third-order valence-corrected chi connectivity index (χ3v) is 4.90. The largest absolute Gasteiger partial charge is 0.493 e. The molecule has 2 heterocycles. The molecule has 4 rings (SSSR count). The highest BCUT2D eigenvalue weighted by Gasteiger charge is 2.31. The summed E-state index contributed by atoms with van der Waals surface area (Å²) in [5.41, 5.74) is 2.86. The van der Waals surface area contributed by atoms with Gasteiger partial charge in [0.05, 0.1) is 32.9 Å². The first kappa shape index (κ1) is 16.6. The van der Waals surface area contributed by atoms with Crippen molar-refractivity contribution in [1.82, 2.24) is 0 Å². The summed E-state index contributed by atoms with van der Waals surface area (Å²) in [6, 6.07) is 11.5. The summed E-state index contributed by atoms with van der Waals surface area (Å²) in [5, 5.41) is 0. The van der Waals surface area contributed by atoms with Gasteiger partial charge in [-0.05, 0) is 29.8 Å². The number of amides is 1. The number of para-hydroxylation sites is 1. The molecule has 0 atom stereocenters. The number of nitrogens with zero attached hydrogens (tertiary/aromatic N) is 2. The molecule has 2 aromatic rings. The lowest BCUT2D eigenvalue weighted by Gasteiger charge is -2.41. The standard InChI is InChI=1S/C20H22N2O4/c1-24-16-7-6-14(12-18(16)25-2)13-19(23)22-9-8-21-10-11-26-17-5-3-4-15(22)20(17)21/h3-7,12H,8-11,13H2,1-2H3. The Morgan fingerprint density at radius 1 is 1.08 bits per heavy atom. The molecule has 0 saturated carbocycles. The normalized spacial score (nSPS) is 15.2. The molecule has 0 bridgehead atoms. The molecule has 0 fully saturated rings. The van der Waals surface area contributed by atoms with Crippen LogP contribution in [0.2, 0.25) is 0 Å². The van der Waals surface area contributed by atoms with Gasteiger partial charge in [-0.15, -0.1) is 0 Å². The van der Waals surface area contributed by atoms with E-state index in [0.29, 0.717) is 31.1 Å². The van der Waals surface area contributed by atoms with E-state index in [0.717, 1.165) is 35.8 Å². The third-order valence-electron chi connectivity index (χ3n) is 4.90. The molecule has 2 aliphatic rings. The van der Waals surface area contributed by atoms with Gasteiger partial charge >= 0.3 is 0 Å². The Hall–Kier alpha value is -2.89. The molecule has 0 radical (unpaired) electrons. The molecule has 136 valence electrons. The molecule has 0 aromatic heterocycles. The molecule has 6 nitrogen and oxygen atoms in total. The minimum absolute atomic E-state index is 0.0656. The second kappa shape index (κ2) is 6.78. The predicted octanol–water partition coefficient (Wildman–Crippen LogP) is 2.49. The summed E-state index contributed by atoms with van der Waals surface area (Å²) in [6.07, 6.45) is 0.310. The molecule has 0 N–H and O–H groups in total. The summed E-state index contributed by atoms with van der Waals surface area (Å²) in [6.45, 7) is 3.06. The number of hydrogen-bond acceptors (Lipinski definition) is 5. The quantitative estimate of drug-likeness (QED) is 0.844. The van der Waals surface area contributed by atoms with E-state index in [2.05, 4.69) is 4.90 Å². The highest BCUT2D eigenvalue weighted by Crippen LogP contribution is 2.42. The van der Waals surface area contributed by atoms with Gasteiger partial charge in [-0.25, -0.2) is 0 Å². The molecule has 0 saturated heterocycles. The number of anilines is 2. The van der Waals surface area contributed by atoms with Crippen molar-refractivity contribution in [2.75, 3.05) is 50.3 Å². The van der Waals surface area contributed by atoms with E-state index < -0.39 is 0 Å². The topological polar surface area (TPSA) is 51.2 Å². The zero-order valence-electron chi connectivity index (χ0n) is 15.0. The highest BCUT2D eigenvalue weighted by atomic mass is 16.5. The second-order valence-corrected chi connectivity index (χ2v) is 6.37. The van der Waals surface area contributed by atoms with E-state index >= 15 is 0 Å². The van der Waals surface area contributed by atoms with Crippen LogP contribution in [-0.2, 0) is 11.2 Å². The first-order valence-electron chi connectivity index (χ1n) is 8.73. The summed E-state index contributed by atoms with van der Waals surface area (Å²) in [5.74, 6) is 2.22. The first-order valence-corrected chi connectivity index (χ1v) is 8.73. The maximum absolute atomic E-state index is 13.0. The van der Waals surface area contributed by atoms with E-state index in [1.807, 2.05) is 41.3 Å². The number of ether oxygens (including phenoxy) is 3. The monoisotopic (exact) mass is 354 g/mol. The minimum Gasteiger partial charge on any atom is -0.493 e. The van der Waals surface area contributed by atoms with Gasteiger partial charge in [0, 0.05) is 13.1 Å². The molecule has 2 aromatic carbocycles. The lowest BCUT2D eigenvalue weighted by atomic mass is 10.1. The van der Waals surface area contributed by atoms with Crippen molar-refractivity contribution in [2.24, 2.45) is 0 Å². The zero-order chi connectivity index (χ0) is 18.1. The summed E-state index contributed by atoms with van der Waals surface area (Å²) < 4.78 is 16.4. The summed E-state index contributed by atoms with van der Waals surface area (Å²) >= 11 is 0. The van der Waals surface area contributed by atoms with E-state index in [-0.39, 0.29) is 5.91 Å². The van der Waals surface area contributed by atoms with Crippen LogP contribution in [0.25, 0.3) is 0 Å². The SMILES string of the molecule is COc1ccc(CC(=O)N2CCN3CCOc4cccc2c43)cc1OC. The van der Waals surface area contributed by atoms with Gasteiger partial charge in [-0.2, -0.15) is 0 Å². The van der Waals surface area contributed by atoms with Crippen molar-refractivity contribution < 1.29 is 19.0 Å². The molecule has 0 unspecified atom stereocenters. The zero-order valence-corrected chi connectivity index (χ0v) is 15.0. The van der Waals surface area contributed by atoms with Crippen LogP contribution in [0.15, 0.2) is 36.4 Å². The van der Waals surface area contributed by atoms with Crippen LogP contribution in [0.3, 0.4) is 0 Å². The van der Waals surface area contributed by atoms with Gasteiger partial charge in [-0.1, -0.05) is 12.1 Å². The highest BCUT2D eigenvalue weighted by molar-refractivity contribution is 6.00. The first-order chi connectivity index (χ1) is 12.7. The van der Waals surface area contributed by atoms with Crippen LogP contribution < -0.4 is 24.0 Å². The number of rotatable bonds is 4. The Balaban J connectivity index is 1.60. The molecular formula is C20H22N2O4. The van der Waals surface area contributed by atoms with Crippen molar-refractivity contribution in [3.63, 3.8) is 0 Å². The van der Waals surface area contributed by atoms with Gasteiger partial charge in [0.15, 0.2) is 11.5 Å². The van der Waals surface area contributed by atoms with E-state index in [4.69, 9.17) is 14.2 Å². The number of benzene rings is 2. The van der Waals surface area contributed by atoms with Gasteiger partial charge < -0.3 is 24.0 Å². The molecular weight excluding hydrogens is 332 g/mol. The Kier molecular flexibility index (Phi) is 4.32. The maximum Gasteiger partial charge on any atom is 0.231 e. The summed E-state index contributed by atoms with van der Waals surface area (Å²) in [4.78, 5) is 17.2. The maximum atomic E-state index is 13.0. The van der Waals surface area contributed by atoms with Crippen LogP contribution in [0.4, 0.5) is 11.4 Å². The molecule has 1 amide bonds. The number of carbonyl (C=O) groups is 1. The van der Waals surface area contributed by atoms with Crippen LogP contribution in [-0.4, -0.2) is 46.4 Å². The fourth-order valence-electron chi connectivity index (χ4n) is 3.62. The van der Waals surface area contributed by atoms with Crippen molar-refractivity contribution in [1.29, 1.82) is 0 Å². The Bertz CT molecular complexity index is 837. The Morgan fingerprint density at radius 2 is 1.92 bits per heavy atom. The minimum atomic E-state index is 0.0656. The smallest absolute Gasteiger partial charge is 0.231 e. The molecule has 6 heteroatoms. The van der Waals surface area contributed by atoms with Gasteiger partial charge in [0.1, 0.15) is 18.0 Å². The van der Waals surface area contributed by atoms with Crippen LogP contribution in [0, 0.1) is 0 Å². The summed E-state index contributed by atoms with van der Waals surface area (Å²) in [7, 11) is 3.20. The lowest BCUT2D eigenvalue weighted by molar-refractivity contribution is -0.118. The van der Waals surface area contributed by atoms with Crippen molar-refractivity contribution >= 4 is 17.3 Å². The molecule has 2 aliphatic heterocycles. The van der Waals surface area contributed by atoms with Crippen molar-refractivity contribution in [3.8, 4) is 17.2 Å². The fourth-order valence-corrected chi connectivity index (χ4v) is 3.62. The van der Waals surface area contributed by atoms with Crippen LogP contribution >= 0.6 is 0 Å². The molecule has 0 aliphatic carbocycles. The Morgan fingerprint density at radius 3 is 2.73 bits per heavy atom. The van der Waals surface area contributed by atoms with E-state index in [1.165, 1.54) is 0 Å². The Labute approximate surface area is 152 Å². The molecule has 0 spiro atoms. The number of methoxy groups -OCH3 is 2. The number of carbonyl (C=O) groups excluding carboxylic acids is 1. The van der Waals surface area contributed by atoms with Crippen molar-refractivity contribution in [2.45, 2.75) is 6.42 Å². The van der Waals surface area contributed by atoms with Gasteiger partial charge in [0.2, 0.25) is 5.91 Å². The van der Waals surface area contributed by atoms with Crippen LogP contribution in [0.5, 0.6) is 17.2 Å². The average molecular weight is 354 g/mol. The van der Waals surface area contributed by atoms with Gasteiger partial charge in [0.25, 0.3) is 0 Å².